The van der Waals surface area contributed by atoms with Gasteiger partial charge in [0.15, 0.2) is 0 Å². The number of hydrogen-bond donors (Lipinski definition) is 0. The van der Waals surface area contributed by atoms with Crippen molar-refractivity contribution in [1.29, 1.82) is 0 Å². The number of benzene rings is 1. The van der Waals surface area contributed by atoms with Crippen LogP contribution in [0.1, 0.15) is 12.8 Å². The van der Waals surface area contributed by atoms with Gasteiger partial charge in [-0.25, -0.2) is 8.42 Å². The Kier molecular flexibility index (Phi) is 5.19. The van der Waals surface area contributed by atoms with Gasteiger partial charge in [0.25, 0.3) is 10.0 Å². The molecular weight excluding hydrogens is 385 g/mol. The quantitative estimate of drug-likeness (QED) is 0.595. The predicted octanol–water partition coefficient (Wildman–Crippen LogP) is 4.83. The van der Waals surface area contributed by atoms with Gasteiger partial charge in [0.2, 0.25) is 0 Å². The van der Waals surface area contributed by atoms with E-state index in [1.807, 2.05) is 24.3 Å². The number of rotatable bonds is 6. The highest BCUT2D eigenvalue weighted by atomic mass is 32.2. The third-order valence-corrected chi connectivity index (χ3v) is 6.75. The van der Waals surface area contributed by atoms with Crippen molar-refractivity contribution in [1.82, 2.24) is 4.98 Å². The number of sulfonamides is 1. The molecule has 0 fully saturated rings. The van der Waals surface area contributed by atoms with Crippen LogP contribution in [0.15, 0.2) is 59.8 Å². The van der Waals surface area contributed by atoms with Gasteiger partial charge in [0.05, 0.1) is 0 Å². The average molecular weight is 400 g/mol. The fourth-order valence-corrected chi connectivity index (χ4v) is 5.25. The Morgan fingerprint density at radius 2 is 1.88 bits per heavy atom. The van der Waals surface area contributed by atoms with Crippen molar-refractivity contribution in [2.75, 3.05) is 10.8 Å². The largest absolute Gasteiger partial charge is 0.389 e. The molecule has 0 bridgehead atoms. The van der Waals surface area contributed by atoms with E-state index in [1.165, 1.54) is 35.9 Å². The Morgan fingerprint density at radius 1 is 1.12 bits per heavy atom. The number of halogens is 3. The van der Waals surface area contributed by atoms with Gasteiger partial charge in [-0.05, 0) is 36.1 Å². The summed E-state index contributed by atoms with van der Waals surface area (Å²) in [6, 6.07) is 11.9. The summed E-state index contributed by atoms with van der Waals surface area (Å²) in [5, 5.41) is 1.23. The van der Waals surface area contributed by atoms with Crippen molar-refractivity contribution in [3.05, 3.63) is 54.9 Å². The van der Waals surface area contributed by atoms with Crippen LogP contribution >= 0.6 is 11.3 Å². The molecule has 0 amide bonds. The highest BCUT2D eigenvalue weighted by Crippen LogP contribution is 2.36. The van der Waals surface area contributed by atoms with E-state index < -0.39 is 22.6 Å². The zero-order chi connectivity index (χ0) is 18.8. The highest BCUT2D eigenvalue weighted by molar-refractivity contribution is 7.93. The summed E-state index contributed by atoms with van der Waals surface area (Å²) in [6.45, 7) is -0.260. The first kappa shape index (κ1) is 18.7. The van der Waals surface area contributed by atoms with Gasteiger partial charge in [-0.1, -0.05) is 18.2 Å². The molecule has 0 atom stereocenters. The van der Waals surface area contributed by atoms with Gasteiger partial charge in [-0.15, -0.1) is 11.3 Å². The molecule has 9 heteroatoms. The van der Waals surface area contributed by atoms with Crippen LogP contribution in [0.4, 0.5) is 18.2 Å². The third-order valence-electron chi connectivity index (χ3n) is 3.70. The van der Waals surface area contributed by atoms with E-state index in [9.17, 15) is 21.6 Å². The molecule has 0 N–H and O–H groups in total. The van der Waals surface area contributed by atoms with E-state index in [0.717, 1.165) is 14.4 Å². The number of aromatic nitrogens is 1. The van der Waals surface area contributed by atoms with Crippen LogP contribution in [-0.2, 0) is 10.0 Å². The van der Waals surface area contributed by atoms with E-state index in [2.05, 4.69) is 4.98 Å². The van der Waals surface area contributed by atoms with Crippen molar-refractivity contribution in [3.8, 4) is 0 Å². The molecule has 26 heavy (non-hydrogen) atoms. The summed E-state index contributed by atoms with van der Waals surface area (Å²) in [5.74, 6) is 0. The topological polar surface area (TPSA) is 50.3 Å². The van der Waals surface area contributed by atoms with E-state index >= 15 is 0 Å². The van der Waals surface area contributed by atoms with Crippen molar-refractivity contribution >= 4 is 36.4 Å². The second kappa shape index (κ2) is 7.24. The molecule has 1 aromatic carbocycles. The van der Waals surface area contributed by atoms with E-state index in [4.69, 9.17) is 0 Å². The lowest BCUT2D eigenvalue weighted by Gasteiger charge is -2.23. The highest BCUT2D eigenvalue weighted by Gasteiger charge is 2.30. The molecule has 0 spiro atoms. The van der Waals surface area contributed by atoms with Crippen LogP contribution in [0.25, 0.3) is 10.1 Å². The molecule has 4 nitrogen and oxygen atoms in total. The van der Waals surface area contributed by atoms with Crippen LogP contribution < -0.4 is 4.31 Å². The Labute approximate surface area is 153 Å². The van der Waals surface area contributed by atoms with Gasteiger partial charge >= 0.3 is 6.18 Å². The number of hydrogen-bond acceptors (Lipinski definition) is 4. The van der Waals surface area contributed by atoms with Crippen molar-refractivity contribution in [2.24, 2.45) is 0 Å². The van der Waals surface area contributed by atoms with Gasteiger partial charge in [0, 0.05) is 30.1 Å². The van der Waals surface area contributed by atoms with Crippen LogP contribution in [0.2, 0.25) is 0 Å². The van der Waals surface area contributed by atoms with Crippen LogP contribution in [0.3, 0.4) is 0 Å². The number of nitrogens with zero attached hydrogens (tertiary/aromatic N) is 2. The summed E-state index contributed by atoms with van der Waals surface area (Å²) in [4.78, 5) is 3.76. The number of alkyl halides is 3. The molecule has 0 saturated carbocycles. The van der Waals surface area contributed by atoms with Crippen molar-refractivity contribution < 1.29 is 21.6 Å². The maximum atomic E-state index is 13.0. The smallest absolute Gasteiger partial charge is 0.263 e. The van der Waals surface area contributed by atoms with Gasteiger partial charge in [-0.2, -0.15) is 13.2 Å². The molecule has 0 aliphatic heterocycles. The third kappa shape index (κ3) is 4.16. The summed E-state index contributed by atoms with van der Waals surface area (Å²) in [5.41, 5.74) is 0. The molecule has 3 rings (SSSR count). The maximum absolute atomic E-state index is 13.0. The Bertz CT molecular complexity index is 953. The van der Waals surface area contributed by atoms with Crippen LogP contribution in [0, 0.1) is 0 Å². The zero-order valence-corrected chi connectivity index (χ0v) is 15.1. The molecule has 0 unspecified atom stereocenters. The minimum absolute atomic E-state index is 0.0514. The lowest BCUT2D eigenvalue weighted by molar-refractivity contribution is -0.134. The zero-order valence-electron chi connectivity index (χ0n) is 13.5. The molecule has 2 aromatic heterocycles. The minimum Gasteiger partial charge on any atom is -0.263 e. The maximum Gasteiger partial charge on any atom is 0.389 e. The van der Waals surface area contributed by atoms with Gasteiger partial charge in [0.1, 0.15) is 9.90 Å². The first-order chi connectivity index (χ1) is 12.3. The molecule has 2 heterocycles. The summed E-state index contributed by atoms with van der Waals surface area (Å²) >= 11 is 1.23. The number of thiophene rings is 1. The lowest BCUT2D eigenvalue weighted by atomic mass is 10.2. The van der Waals surface area contributed by atoms with E-state index in [0.29, 0.717) is 5.00 Å². The summed E-state index contributed by atoms with van der Waals surface area (Å²) in [7, 11) is -4.01. The number of anilines is 1. The first-order valence-corrected chi connectivity index (χ1v) is 10.0. The molecule has 0 radical (unpaired) electrons. The predicted molar refractivity (Wildman–Crippen MR) is 95.9 cm³/mol. The van der Waals surface area contributed by atoms with Gasteiger partial charge in [-0.3, -0.25) is 9.29 Å². The first-order valence-electron chi connectivity index (χ1n) is 7.75. The molecule has 0 saturated heterocycles. The lowest BCUT2D eigenvalue weighted by Crippen LogP contribution is -2.32. The molecule has 0 aliphatic rings. The Balaban J connectivity index is 1.98. The SMILES string of the molecule is O=S(=O)(c1cccnc1)N(CCCC(F)(F)F)c1cc2ccccc2s1. The molecule has 138 valence electrons. The normalized spacial score (nSPS) is 12.4. The number of pyridine rings is 1. The minimum atomic E-state index is -4.33. The fraction of sp³-hybridized carbons (Fsp3) is 0.235. The van der Waals surface area contributed by atoms with Crippen LogP contribution in [0.5, 0.6) is 0 Å². The van der Waals surface area contributed by atoms with E-state index in [-0.39, 0.29) is 17.9 Å². The fourth-order valence-electron chi connectivity index (χ4n) is 2.49. The second-order valence-corrected chi connectivity index (χ2v) is 8.53. The van der Waals surface area contributed by atoms with Crippen molar-refractivity contribution in [3.63, 3.8) is 0 Å². The standard InChI is InChI=1S/C17H15F3N2O2S2/c18-17(19,20)8-4-10-22(26(23,24)14-6-3-9-21-12-14)16-11-13-5-1-2-7-15(13)25-16/h1-3,5-7,9,11-12H,4,8,10H2. The second-order valence-electron chi connectivity index (χ2n) is 5.61. The Hall–Kier alpha value is -2.13. The summed E-state index contributed by atoms with van der Waals surface area (Å²) in [6.07, 6.45) is -3.07. The van der Waals surface area contributed by atoms with Gasteiger partial charge < -0.3 is 0 Å². The molecular formula is C17H15F3N2O2S2. The van der Waals surface area contributed by atoms with Crippen LogP contribution in [-0.4, -0.2) is 26.1 Å². The van der Waals surface area contributed by atoms with E-state index in [1.54, 1.807) is 6.07 Å². The Morgan fingerprint density at radius 3 is 2.54 bits per heavy atom. The summed E-state index contributed by atoms with van der Waals surface area (Å²) < 4.78 is 65.4. The molecule has 0 aliphatic carbocycles. The monoisotopic (exact) mass is 400 g/mol. The number of fused-ring (bicyclic) bond motifs is 1. The average Bonchev–Trinajstić information content (AvgIpc) is 3.02. The molecule has 3 aromatic rings. The van der Waals surface area contributed by atoms with Crippen molar-refractivity contribution in [2.45, 2.75) is 23.9 Å².